The molecule has 1 aromatic heterocycles. The van der Waals surface area contributed by atoms with E-state index in [1.807, 2.05) is 6.07 Å². The van der Waals surface area contributed by atoms with Gasteiger partial charge in [-0.1, -0.05) is 25.4 Å². The van der Waals surface area contributed by atoms with Crippen molar-refractivity contribution in [2.24, 2.45) is 5.92 Å². The van der Waals surface area contributed by atoms with E-state index >= 15 is 0 Å². The van der Waals surface area contributed by atoms with Crippen LogP contribution in [-0.2, 0) is 0 Å². The lowest BCUT2D eigenvalue weighted by atomic mass is 10.2. The van der Waals surface area contributed by atoms with Crippen LogP contribution in [-0.4, -0.2) is 22.8 Å². The summed E-state index contributed by atoms with van der Waals surface area (Å²) in [5, 5.41) is 8.49. The first-order valence-corrected chi connectivity index (χ1v) is 5.80. The van der Waals surface area contributed by atoms with E-state index in [-0.39, 0.29) is 0 Å². The van der Waals surface area contributed by atoms with Crippen molar-refractivity contribution in [2.75, 3.05) is 11.4 Å². The third-order valence-corrected chi connectivity index (χ3v) is 2.66. The van der Waals surface area contributed by atoms with Gasteiger partial charge in [0.25, 0.3) is 0 Å². The molecule has 1 aromatic rings. The van der Waals surface area contributed by atoms with Gasteiger partial charge in [0.1, 0.15) is 0 Å². The van der Waals surface area contributed by atoms with Crippen molar-refractivity contribution in [3.05, 3.63) is 17.3 Å². The fourth-order valence-corrected chi connectivity index (χ4v) is 1.77. The molecule has 3 nitrogen and oxygen atoms in total. The Hall–Kier alpha value is -0.830. The van der Waals surface area contributed by atoms with E-state index in [2.05, 4.69) is 28.9 Å². The predicted octanol–water partition coefficient (Wildman–Crippen LogP) is 2.75. The quantitative estimate of drug-likeness (QED) is 0.789. The van der Waals surface area contributed by atoms with Crippen molar-refractivity contribution in [1.29, 1.82) is 0 Å². The summed E-state index contributed by atoms with van der Waals surface area (Å²) in [6, 6.07) is 4.43. The van der Waals surface area contributed by atoms with Crippen LogP contribution in [0.25, 0.3) is 0 Å². The Labute approximate surface area is 95.5 Å². The zero-order valence-corrected chi connectivity index (χ0v) is 9.91. The molecule has 1 saturated carbocycles. The molecule has 0 radical (unpaired) electrons. The summed E-state index contributed by atoms with van der Waals surface area (Å²) in [6.45, 7) is 5.48. The van der Waals surface area contributed by atoms with Crippen LogP contribution in [0.15, 0.2) is 12.1 Å². The van der Waals surface area contributed by atoms with Crippen molar-refractivity contribution in [1.82, 2.24) is 10.2 Å². The second kappa shape index (κ2) is 4.35. The highest BCUT2D eigenvalue weighted by molar-refractivity contribution is 6.29. The molecular weight excluding hydrogens is 210 g/mol. The molecule has 0 amide bonds. The van der Waals surface area contributed by atoms with Crippen molar-refractivity contribution >= 4 is 17.4 Å². The van der Waals surface area contributed by atoms with Gasteiger partial charge in [-0.2, -0.15) is 0 Å². The van der Waals surface area contributed by atoms with Crippen molar-refractivity contribution in [3.8, 4) is 0 Å². The molecule has 0 saturated heterocycles. The molecule has 15 heavy (non-hydrogen) atoms. The van der Waals surface area contributed by atoms with Crippen LogP contribution >= 0.6 is 11.6 Å². The maximum Gasteiger partial charge on any atom is 0.151 e. The van der Waals surface area contributed by atoms with E-state index in [1.165, 1.54) is 12.8 Å². The number of aromatic nitrogens is 2. The average molecular weight is 226 g/mol. The SMILES string of the molecule is CC(C)CN(c1ccc(Cl)nn1)C1CC1. The summed E-state index contributed by atoms with van der Waals surface area (Å²) in [5.74, 6) is 1.60. The number of halogens is 1. The second-order valence-electron chi connectivity index (χ2n) is 4.49. The maximum atomic E-state index is 5.73. The van der Waals surface area contributed by atoms with Crippen molar-refractivity contribution in [3.63, 3.8) is 0 Å². The van der Waals surface area contributed by atoms with Gasteiger partial charge in [-0.05, 0) is 30.9 Å². The number of nitrogens with zero attached hydrogens (tertiary/aromatic N) is 3. The number of hydrogen-bond acceptors (Lipinski definition) is 3. The van der Waals surface area contributed by atoms with Crippen LogP contribution in [0.2, 0.25) is 5.15 Å². The van der Waals surface area contributed by atoms with Crippen LogP contribution in [0.1, 0.15) is 26.7 Å². The first kappa shape index (κ1) is 10.7. The molecule has 1 aliphatic carbocycles. The molecule has 1 fully saturated rings. The Bertz CT molecular complexity index is 319. The van der Waals surface area contributed by atoms with E-state index in [4.69, 9.17) is 11.6 Å². The lowest BCUT2D eigenvalue weighted by Crippen LogP contribution is -2.30. The van der Waals surface area contributed by atoms with Gasteiger partial charge in [-0.15, -0.1) is 10.2 Å². The monoisotopic (exact) mass is 225 g/mol. The summed E-state index contributed by atoms with van der Waals surface area (Å²) < 4.78 is 0. The predicted molar refractivity (Wildman–Crippen MR) is 62.2 cm³/mol. The minimum Gasteiger partial charge on any atom is -0.352 e. The van der Waals surface area contributed by atoms with Gasteiger partial charge < -0.3 is 4.90 Å². The molecule has 2 rings (SSSR count). The number of hydrogen-bond donors (Lipinski definition) is 0. The van der Waals surface area contributed by atoms with Crippen molar-refractivity contribution < 1.29 is 0 Å². The molecule has 1 aliphatic rings. The van der Waals surface area contributed by atoms with E-state index < -0.39 is 0 Å². The molecule has 0 aliphatic heterocycles. The summed E-state index contributed by atoms with van der Waals surface area (Å²) in [4.78, 5) is 2.34. The van der Waals surface area contributed by atoms with Crippen LogP contribution in [0.4, 0.5) is 5.82 Å². The standard InChI is InChI=1S/C11H16ClN3/c1-8(2)7-15(9-3-4-9)11-6-5-10(12)13-14-11/h5-6,8-9H,3-4,7H2,1-2H3. The Morgan fingerprint density at radius 3 is 2.60 bits per heavy atom. The maximum absolute atomic E-state index is 5.73. The van der Waals surface area contributed by atoms with E-state index in [0.717, 1.165) is 12.4 Å². The highest BCUT2D eigenvalue weighted by Crippen LogP contribution is 2.31. The summed E-state index contributed by atoms with van der Waals surface area (Å²) >= 11 is 5.73. The molecule has 0 aromatic carbocycles. The average Bonchev–Trinajstić information content (AvgIpc) is 2.99. The summed E-state index contributed by atoms with van der Waals surface area (Å²) in [5.41, 5.74) is 0. The van der Waals surface area contributed by atoms with E-state index in [9.17, 15) is 0 Å². The summed E-state index contributed by atoms with van der Waals surface area (Å²) in [7, 11) is 0. The van der Waals surface area contributed by atoms with Crippen LogP contribution in [0.3, 0.4) is 0 Å². The van der Waals surface area contributed by atoms with Gasteiger partial charge in [0.05, 0.1) is 0 Å². The Morgan fingerprint density at radius 2 is 2.13 bits per heavy atom. The Balaban J connectivity index is 2.13. The minimum absolute atomic E-state index is 0.457. The normalized spacial score (nSPS) is 15.7. The highest BCUT2D eigenvalue weighted by atomic mass is 35.5. The zero-order chi connectivity index (χ0) is 10.8. The molecule has 0 spiro atoms. The fourth-order valence-electron chi connectivity index (χ4n) is 1.67. The minimum atomic E-state index is 0.457. The first-order valence-electron chi connectivity index (χ1n) is 5.42. The molecular formula is C11H16ClN3. The molecule has 0 unspecified atom stereocenters. The largest absolute Gasteiger partial charge is 0.352 e. The molecule has 1 heterocycles. The van der Waals surface area contributed by atoms with Gasteiger partial charge in [0.15, 0.2) is 11.0 Å². The zero-order valence-electron chi connectivity index (χ0n) is 9.15. The highest BCUT2D eigenvalue weighted by Gasteiger charge is 2.30. The van der Waals surface area contributed by atoms with E-state index in [1.54, 1.807) is 6.07 Å². The molecule has 82 valence electrons. The fraction of sp³-hybridized carbons (Fsp3) is 0.636. The lowest BCUT2D eigenvalue weighted by molar-refractivity contribution is 0.600. The van der Waals surface area contributed by atoms with Gasteiger partial charge in [0, 0.05) is 12.6 Å². The van der Waals surface area contributed by atoms with Crippen LogP contribution < -0.4 is 4.90 Å². The van der Waals surface area contributed by atoms with Gasteiger partial charge in [0.2, 0.25) is 0 Å². The molecule has 0 atom stereocenters. The van der Waals surface area contributed by atoms with Gasteiger partial charge >= 0.3 is 0 Å². The van der Waals surface area contributed by atoms with Crippen LogP contribution in [0, 0.1) is 5.92 Å². The number of anilines is 1. The van der Waals surface area contributed by atoms with Gasteiger partial charge in [-0.3, -0.25) is 0 Å². The first-order chi connectivity index (χ1) is 7.16. The topological polar surface area (TPSA) is 29.0 Å². The Morgan fingerprint density at radius 1 is 1.40 bits per heavy atom. The molecule has 0 N–H and O–H groups in total. The third kappa shape index (κ3) is 2.81. The molecule has 0 bridgehead atoms. The molecule has 4 heteroatoms. The second-order valence-corrected chi connectivity index (χ2v) is 4.88. The van der Waals surface area contributed by atoms with Crippen LogP contribution in [0.5, 0.6) is 0 Å². The number of rotatable bonds is 4. The summed E-state index contributed by atoms with van der Waals surface area (Å²) in [6.07, 6.45) is 2.55. The van der Waals surface area contributed by atoms with Crippen molar-refractivity contribution in [2.45, 2.75) is 32.7 Å². The van der Waals surface area contributed by atoms with E-state index in [0.29, 0.717) is 17.1 Å². The van der Waals surface area contributed by atoms with Gasteiger partial charge in [-0.25, -0.2) is 0 Å². The smallest absolute Gasteiger partial charge is 0.151 e. The lowest BCUT2D eigenvalue weighted by Gasteiger charge is -2.24. The Kier molecular flexibility index (Phi) is 3.10. The third-order valence-electron chi connectivity index (χ3n) is 2.46.